The second-order valence-electron chi connectivity index (χ2n) is 8.60. The largest absolute Gasteiger partial charge is 0.496 e. The molecule has 0 aliphatic rings. The molecule has 3 rings (SSSR count). The summed E-state index contributed by atoms with van der Waals surface area (Å²) in [6, 6.07) is 13.3. The van der Waals surface area contributed by atoms with E-state index in [9.17, 15) is 9.59 Å². The predicted molar refractivity (Wildman–Crippen MR) is 134 cm³/mol. The first-order valence-corrected chi connectivity index (χ1v) is 11.8. The van der Waals surface area contributed by atoms with E-state index in [2.05, 4.69) is 15.6 Å². The average Bonchev–Trinajstić information content (AvgIpc) is 3.23. The van der Waals surface area contributed by atoms with Crippen molar-refractivity contribution in [3.05, 3.63) is 59.3 Å². The molecule has 2 aromatic carbocycles. The summed E-state index contributed by atoms with van der Waals surface area (Å²) in [6.07, 6.45) is 3.83. The Morgan fingerprint density at radius 1 is 1.00 bits per heavy atom. The van der Waals surface area contributed by atoms with Crippen LogP contribution in [0.4, 0.5) is 0 Å². The molecule has 3 aromatic rings. The molecule has 0 radical (unpaired) electrons. The Balaban J connectivity index is 1.36. The van der Waals surface area contributed by atoms with Crippen molar-refractivity contribution in [1.29, 1.82) is 0 Å². The van der Waals surface area contributed by atoms with Gasteiger partial charge in [0.15, 0.2) is 0 Å². The minimum absolute atomic E-state index is 0.174. The molecular weight excluding hydrogens is 430 g/mol. The van der Waals surface area contributed by atoms with E-state index in [-0.39, 0.29) is 18.2 Å². The molecular formula is C27H35N3O4. The Kier molecular flexibility index (Phi) is 8.96. The van der Waals surface area contributed by atoms with Crippen LogP contribution in [0.3, 0.4) is 0 Å². The number of carbonyl (C=O) groups is 2. The smallest absolute Gasteiger partial charge is 0.242 e. The maximum Gasteiger partial charge on any atom is 0.242 e. The van der Waals surface area contributed by atoms with Gasteiger partial charge in [0.05, 0.1) is 20.6 Å². The molecule has 0 aliphatic heterocycles. The van der Waals surface area contributed by atoms with Crippen LogP contribution in [-0.2, 0) is 22.4 Å². The number of aryl methyl sites for hydroxylation is 1. The van der Waals surface area contributed by atoms with Gasteiger partial charge in [-0.25, -0.2) is 0 Å². The number of ether oxygens (including phenoxy) is 2. The van der Waals surface area contributed by atoms with Gasteiger partial charge >= 0.3 is 0 Å². The summed E-state index contributed by atoms with van der Waals surface area (Å²) >= 11 is 0. The third-order valence-electron chi connectivity index (χ3n) is 5.86. The molecule has 0 unspecified atom stereocenters. The molecule has 1 atom stereocenters. The second kappa shape index (κ2) is 12.1. The van der Waals surface area contributed by atoms with Crippen molar-refractivity contribution < 1.29 is 19.1 Å². The van der Waals surface area contributed by atoms with Gasteiger partial charge in [0.1, 0.15) is 17.5 Å². The highest BCUT2D eigenvalue weighted by Crippen LogP contribution is 2.31. The first kappa shape index (κ1) is 25.1. The number of hydrogen-bond donors (Lipinski definition) is 3. The van der Waals surface area contributed by atoms with Crippen LogP contribution < -0.4 is 20.1 Å². The van der Waals surface area contributed by atoms with Crippen LogP contribution in [-0.4, -0.2) is 43.6 Å². The first-order valence-electron chi connectivity index (χ1n) is 11.8. The highest BCUT2D eigenvalue weighted by molar-refractivity contribution is 5.89. The van der Waals surface area contributed by atoms with Gasteiger partial charge in [-0.05, 0) is 68.3 Å². The second-order valence-corrected chi connectivity index (χ2v) is 8.60. The molecule has 0 bridgehead atoms. The van der Waals surface area contributed by atoms with Gasteiger partial charge in [-0.1, -0.05) is 24.6 Å². The Labute approximate surface area is 201 Å². The quantitative estimate of drug-likeness (QED) is 0.352. The van der Waals surface area contributed by atoms with Crippen molar-refractivity contribution in [3.63, 3.8) is 0 Å². The van der Waals surface area contributed by atoms with Crippen LogP contribution in [0.5, 0.6) is 11.5 Å². The summed E-state index contributed by atoms with van der Waals surface area (Å²) in [7, 11) is 3.35. The van der Waals surface area contributed by atoms with E-state index in [0.717, 1.165) is 64.9 Å². The summed E-state index contributed by atoms with van der Waals surface area (Å²) in [4.78, 5) is 27.9. The van der Waals surface area contributed by atoms with Gasteiger partial charge in [-0.2, -0.15) is 0 Å². The molecule has 182 valence electrons. The molecule has 34 heavy (non-hydrogen) atoms. The number of amides is 2. The molecule has 1 aromatic heterocycles. The van der Waals surface area contributed by atoms with Gasteiger partial charge < -0.3 is 25.1 Å². The van der Waals surface area contributed by atoms with Crippen molar-refractivity contribution in [2.24, 2.45) is 0 Å². The number of aromatic amines is 1. The van der Waals surface area contributed by atoms with Crippen LogP contribution in [0.15, 0.2) is 42.5 Å². The molecule has 0 saturated heterocycles. The summed E-state index contributed by atoms with van der Waals surface area (Å²) in [5.74, 6) is 1.34. The number of benzene rings is 2. The monoisotopic (exact) mass is 465 g/mol. The molecule has 1 heterocycles. The maximum absolute atomic E-state index is 12.4. The van der Waals surface area contributed by atoms with Crippen molar-refractivity contribution in [2.45, 2.75) is 52.0 Å². The van der Waals surface area contributed by atoms with Crippen molar-refractivity contribution >= 4 is 22.7 Å². The number of para-hydroxylation sites is 1. The van der Waals surface area contributed by atoms with Crippen molar-refractivity contribution in [2.75, 3.05) is 20.8 Å². The summed E-state index contributed by atoms with van der Waals surface area (Å²) in [5, 5.41) is 6.76. The lowest BCUT2D eigenvalue weighted by Crippen LogP contribution is -2.45. The molecule has 0 fully saturated rings. The van der Waals surface area contributed by atoms with Gasteiger partial charge in [0.25, 0.3) is 0 Å². The van der Waals surface area contributed by atoms with Crippen LogP contribution >= 0.6 is 0 Å². The van der Waals surface area contributed by atoms with E-state index in [1.54, 1.807) is 21.1 Å². The Morgan fingerprint density at radius 3 is 2.38 bits per heavy atom. The third-order valence-corrected chi connectivity index (χ3v) is 5.86. The first-order chi connectivity index (χ1) is 16.4. The van der Waals surface area contributed by atoms with E-state index in [1.165, 1.54) is 0 Å². The standard InChI is InChI=1S/C27H35N3O4/c1-18-14-24(33-3)22(25(15-18)34-4)11-6-5-9-13-28-27(32)19(2)29-26(31)17-21-16-20-10-7-8-12-23(20)30-21/h7-8,10,12,14-16,19,30H,5-6,9,11,13,17H2,1-4H3,(H,28,32)(H,29,31)/t19-/m1/s1. The van der Waals surface area contributed by atoms with Gasteiger partial charge in [-0.15, -0.1) is 0 Å². The normalized spacial score (nSPS) is 11.8. The Morgan fingerprint density at radius 2 is 1.71 bits per heavy atom. The zero-order valence-corrected chi connectivity index (χ0v) is 20.5. The molecule has 0 spiro atoms. The number of methoxy groups -OCH3 is 2. The number of carbonyl (C=O) groups excluding carboxylic acids is 2. The lowest BCUT2D eigenvalue weighted by atomic mass is 10.0. The van der Waals surface area contributed by atoms with E-state index < -0.39 is 6.04 Å². The molecule has 2 amide bonds. The lowest BCUT2D eigenvalue weighted by molar-refractivity contribution is -0.128. The van der Waals surface area contributed by atoms with Crippen LogP contribution in [0.25, 0.3) is 10.9 Å². The van der Waals surface area contributed by atoms with E-state index >= 15 is 0 Å². The van der Waals surface area contributed by atoms with Crippen LogP contribution in [0, 0.1) is 6.92 Å². The fraction of sp³-hybridized carbons (Fsp3) is 0.407. The average molecular weight is 466 g/mol. The SMILES string of the molecule is COc1cc(C)cc(OC)c1CCCCCNC(=O)[C@@H](C)NC(=O)Cc1cc2ccccc2[nH]1. The van der Waals surface area contributed by atoms with E-state index in [1.807, 2.05) is 49.4 Å². The Bertz CT molecular complexity index is 1060. The molecule has 0 aliphatic carbocycles. The Hall–Kier alpha value is -3.48. The molecule has 3 N–H and O–H groups in total. The number of aromatic nitrogens is 1. The number of nitrogens with one attached hydrogen (secondary N) is 3. The minimum Gasteiger partial charge on any atom is -0.496 e. The molecule has 0 saturated carbocycles. The van der Waals surface area contributed by atoms with Gasteiger partial charge in [-0.3, -0.25) is 9.59 Å². The van der Waals surface area contributed by atoms with Crippen LogP contribution in [0.2, 0.25) is 0 Å². The van der Waals surface area contributed by atoms with Crippen LogP contribution in [0.1, 0.15) is 43.0 Å². The number of unbranched alkanes of at least 4 members (excludes halogenated alkanes) is 2. The fourth-order valence-electron chi connectivity index (χ4n) is 4.09. The fourth-order valence-corrected chi connectivity index (χ4v) is 4.09. The predicted octanol–water partition coefficient (Wildman–Crippen LogP) is 4.07. The third kappa shape index (κ3) is 6.76. The minimum atomic E-state index is -0.585. The highest BCUT2D eigenvalue weighted by Gasteiger charge is 2.16. The number of H-pyrrole nitrogens is 1. The summed E-state index contributed by atoms with van der Waals surface area (Å²) in [5.41, 5.74) is 4.00. The topological polar surface area (TPSA) is 92.4 Å². The molecule has 7 nitrogen and oxygen atoms in total. The van der Waals surface area contributed by atoms with Crippen molar-refractivity contribution in [1.82, 2.24) is 15.6 Å². The van der Waals surface area contributed by atoms with E-state index in [0.29, 0.717) is 6.54 Å². The summed E-state index contributed by atoms with van der Waals surface area (Å²) < 4.78 is 11.0. The molecule has 7 heteroatoms. The zero-order valence-electron chi connectivity index (χ0n) is 20.5. The highest BCUT2D eigenvalue weighted by atomic mass is 16.5. The summed E-state index contributed by atoms with van der Waals surface area (Å²) in [6.45, 7) is 4.29. The number of hydrogen-bond acceptors (Lipinski definition) is 4. The van der Waals surface area contributed by atoms with Gasteiger partial charge in [0.2, 0.25) is 11.8 Å². The van der Waals surface area contributed by atoms with E-state index in [4.69, 9.17) is 9.47 Å². The number of fused-ring (bicyclic) bond motifs is 1. The zero-order chi connectivity index (χ0) is 24.5. The maximum atomic E-state index is 12.4. The lowest BCUT2D eigenvalue weighted by Gasteiger charge is -2.15. The van der Waals surface area contributed by atoms with Crippen molar-refractivity contribution in [3.8, 4) is 11.5 Å². The number of rotatable bonds is 12. The van der Waals surface area contributed by atoms with Gasteiger partial charge in [0, 0.05) is 23.3 Å².